The van der Waals surface area contributed by atoms with E-state index in [1.165, 1.54) is 0 Å². The molecule has 0 aromatic carbocycles. The molecule has 0 aromatic rings. The average Bonchev–Trinajstić information content (AvgIpc) is 2.03. The highest BCUT2D eigenvalue weighted by Crippen LogP contribution is 2.17. The normalized spacial score (nSPS) is 16.2. The van der Waals surface area contributed by atoms with E-state index in [2.05, 4.69) is 0 Å². The summed E-state index contributed by atoms with van der Waals surface area (Å²) in [6.45, 7) is 3.68. The fourth-order valence-corrected chi connectivity index (χ4v) is 1.82. The average molecular weight is 188 g/mol. The molecule has 1 N–H and O–H groups in total. The predicted octanol–water partition coefficient (Wildman–Crippen LogP) is 1.63. The quantitative estimate of drug-likeness (QED) is 0.508. The molecule has 0 fully saturated rings. The van der Waals surface area contributed by atoms with Gasteiger partial charge in [-0.25, -0.2) is 0 Å². The zero-order valence-electron chi connectivity index (χ0n) is 7.56. The van der Waals surface area contributed by atoms with Crippen LogP contribution in [0.4, 0.5) is 0 Å². The maximum absolute atomic E-state index is 10.2. The van der Waals surface area contributed by atoms with Crippen LogP contribution < -0.4 is 0 Å². The minimum absolute atomic E-state index is 0.0405. The Morgan fingerprint density at radius 3 is 2.67 bits per heavy atom. The van der Waals surface area contributed by atoms with Gasteiger partial charge in [0.15, 0.2) is 0 Å². The van der Waals surface area contributed by atoms with Gasteiger partial charge in [-0.05, 0) is 13.8 Å². The van der Waals surface area contributed by atoms with Crippen LogP contribution in [0.1, 0.15) is 20.3 Å². The van der Waals surface area contributed by atoms with Crippen molar-refractivity contribution in [3.05, 3.63) is 12.2 Å². The van der Waals surface area contributed by atoms with Crippen LogP contribution in [0.3, 0.4) is 0 Å². The molecule has 12 heavy (non-hydrogen) atoms. The van der Waals surface area contributed by atoms with Crippen molar-refractivity contribution in [2.45, 2.75) is 31.6 Å². The number of aliphatic hydroxyl groups is 1. The van der Waals surface area contributed by atoms with Gasteiger partial charge >= 0.3 is 0 Å². The molecule has 0 aliphatic rings. The molecule has 0 aromatic heterocycles. The molecule has 0 aliphatic carbocycles. The molecule has 0 spiro atoms. The van der Waals surface area contributed by atoms with Crippen molar-refractivity contribution in [2.24, 2.45) is 0 Å². The molecular weight excluding hydrogens is 172 g/mol. The van der Waals surface area contributed by atoms with Crippen molar-refractivity contribution in [3.8, 4) is 0 Å². The maximum atomic E-state index is 10.2. The second-order valence-corrected chi connectivity index (χ2v) is 3.86. The summed E-state index contributed by atoms with van der Waals surface area (Å²) in [5.41, 5.74) is 0. The number of hydrogen-bond donors (Lipinski definition) is 1. The molecule has 3 heteroatoms. The minimum Gasteiger partial charge on any atom is -0.392 e. The topological polar surface area (TPSA) is 37.3 Å². The molecule has 0 heterocycles. The molecule has 0 amide bonds. The molecule has 0 saturated carbocycles. The van der Waals surface area contributed by atoms with Crippen molar-refractivity contribution < 1.29 is 9.90 Å². The number of carbonyl (C=O) groups is 1. The largest absolute Gasteiger partial charge is 0.392 e. The zero-order valence-corrected chi connectivity index (χ0v) is 8.38. The Kier molecular flexibility index (Phi) is 7.20. The van der Waals surface area contributed by atoms with E-state index in [0.29, 0.717) is 6.42 Å². The van der Waals surface area contributed by atoms with E-state index < -0.39 is 6.10 Å². The summed E-state index contributed by atoms with van der Waals surface area (Å²) in [4.78, 5) is 10.2. The first-order chi connectivity index (χ1) is 5.72. The van der Waals surface area contributed by atoms with Gasteiger partial charge in [0.1, 0.15) is 6.29 Å². The summed E-state index contributed by atoms with van der Waals surface area (Å²) in [5, 5.41) is 9.28. The van der Waals surface area contributed by atoms with Crippen molar-refractivity contribution in [1.29, 1.82) is 0 Å². The zero-order chi connectivity index (χ0) is 9.40. The van der Waals surface area contributed by atoms with E-state index in [4.69, 9.17) is 0 Å². The molecule has 0 aliphatic heterocycles. The Morgan fingerprint density at radius 2 is 2.25 bits per heavy atom. The van der Waals surface area contributed by atoms with Crippen LogP contribution in [0.2, 0.25) is 0 Å². The Hall–Kier alpha value is -0.280. The monoisotopic (exact) mass is 188 g/mol. The Balaban J connectivity index is 3.70. The predicted molar refractivity (Wildman–Crippen MR) is 53.4 cm³/mol. The summed E-state index contributed by atoms with van der Waals surface area (Å²) < 4.78 is 0. The lowest BCUT2D eigenvalue weighted by Crippen LogP contribution is -2.20. The number of carbonyl (C=O) groups excluding carboxylic acids is 1. The highest BCUT2D eigenvalue weighted by atomic mass is 32.2. The molecule has 0 bridgehead atoms. The fourth-order valence-electron chi connectivity index (χ4n) is 0.774. The molecule has 0 radical (unpaired) electrons. The third kappa shape index (κ3) is 5.38. The lowest BCUT2D eigenvalue weighted by Gasteiger charge is -2.15. The number of aliphatic hydroxyl groups excluding tert-OH is 1. The highest BCUT2D eigenvalue weighted by Gasteiger charge is 2.13. The highest BCUT2D eigenvalue weighted by molar-refractivity contribution is 8.00. The number of thioether (sulfide) groups is 1. The summed E-state index contributed by atoms with van der Waals surface area (Å²) in [7, 11) is 0. The summed E-state index contributed by atoms with van der Waals surface area (Å²) in [6, 6.07) is 0. The lowest BCUT2D eigenvalue weighted by molar-refractivity contribution is -0.108. The van der Waals surface area contributed by atoms with Gasteiger partial charge < -0.3 is 9.90 Å². The third-order valence-corrected chi connectivity index (χ3v) is 2.91. The second-order valence-electron chi connectivity index (χ2n) is 2.58. The van der Waals surface area contributed by atoms with Crippen LogP contribution in [-0.2, 0) is 4.79 Å². The Bertz CT molecular complexity index is 143. The molecule has 2 unspecified atom stereocenters. The van der Waals surface area contributed by atoms with E-state index >= 15 is 0 Å². The van der Waals surface area contributed by atoms with E-state index in [-0.39, 0.29) is 5.25 Å². The van der Waals surface area contributed by atoms with Gasteiger partial charge in [-0.3, -0.25) is 0 Å². The van der Waals surface area contributed by atoms with Gasteiger partial charge in [0.05, 0.1) is 6.10 Å². The van der Waals surface area contributed by atoms with E-state index in [1.54, 1.807) is 18.7 Å². The van der Waals surface area contributed by atoms with Crippen molar-refractivity contribution in [3.63, 3.8) is 0 Å². The lowest BCUT2D eigenvalue weighted by atomic mass is 10.2. The number of hydrogen-bond acceptors (Lipinski definition) is 3. The van der Waals surface area contributed by atoms with Crippen LogP contribution >= 0.6 is 11.8 Å². The van der Waals surface area contributed by atoms with Crippen LogP contribution in [0.5, 0.6) is 0 Å². The molecule has 2 atom stereocenters. The van der Waals surface area contributed by atoms with Crippen molar-refractivity contribution >= 4 is 18.0 Å². The Labute approximate surface area is 78.0 Å². The van der Waals surface area contributed by atoms with Crippen molar-refractivity contribution in [2.75, 3.05) is 5.75 Å². The van der Waals surface area contributed by atoms with Gasteiger partial charge in [-0.1, -0.05) is 12.2 Å². The maximum Gasteiger partial charge on any atom is 0.121 e. The van der Waals surface area contributed by atoms with E-state index in [9.17, 15) is 9.90 Å². The first-order valence-electron chi connectivity index (χ1n) is 4.06. The van der Waals surface area contributed by atoms with Crippen LogP contribution in [0.25, 0.3) is 0 Å². The molecule has 2 nitrogen and oxygen atoms in total. The molecular formula is C9H16O2S. The van der Waals surface area contributed by atoms with Gasteiger partial charge in [0, 0.05) is 17.4 Å². The summed E-state index contributed by atoms with van der Waals surface area (Å²) >= 11 is 1.61. The van der Waals surface area contributed by atoms with Crippen LogP contribution in [-0.4, -0.2) is 28.5 Å². The fraction of sp³-hybridized carbons (Fsp3) is 0.667. The van der Waals surface area contributed by atoms with E-state index in [1.807, 2.05) is 19.1 Å². The smallest absolute Gasteiger partial charge is 0.121 e. The standard InChI is InChI=1S/C9H16O2S/c1-3-4-7-12-9(5-6-10)8(2)11/h3-4,6,8-9,11H,5,7H2,1-2H3/b4-3+. The van der Waals surface area contributed by atoms with Gasteiger partial charge in [0.25, 0.3) is 0 Å². The number of allylic oxidation sites excluding steroid dienone is 1. The minimum atomic E-state index is -0.412. The van der Waals surface area contributed by atoms with Crippen LogP contribution in [0, 0.1) is 0 Å². The molecule has 0 saturated heterocycles. The first-order valence-corrected chi connectivity index (χ1v) is 5.11. The molecule has 70 valence electrons. The summed E-state index contributed by atoms with van der Waals surface area (Å²) in [6.07, 6.45) is 4.86. The van der Waals surface area contributed by atoms with Crippen molar-refractivity contribution in [1.82, 2.24) is 0 Å². The van der Waals surface area contributed by atoms with Gasteiger partial charge in [0.2, 0.25) is 0 Å². The molecule has 0 rings (SSSR count). The van der Waals surface area contributed by atoms with Crippen LogP contribution in [0.15, 0.2) is 12.2 Å². The van der Waals surface area contributed by atoms with Gasteiger partial charge in [-0.2, -0.15) is 11.8 Å². The second kappa shape index (κ2) is 7.37. The number of aldehydes is 1. The van der Waals surface area contributed by atoms with E-state index in [0.717, 1.165) is 12.0 Å². The Morgan fingerprint density at radius 1 is 1.58 bits per heavy atom. The van der Waals surface area contributed by atoms with Gasteiger partial charge in [-0.15, -0.1) is 0 Å². The number of rotatable bonds is 6. The SMILES string of the molecule is C/C=C/CSC(CC=O)C(C)O. The summed E-state index contributed by atoms with van der Waals surface area (Å²) in [5.74, 6) is 0.861. The first kappa shape index (κ1) is 11.7. The third-order valence-electron chi connectivity index (χ3n) is 1.51.